The Morgan fingerprint density at radius 1 is 1.22 bits per heavy atom. The summed E-state index contributed by atoms with van der Waals surface area (Å²) in [6.45, 7) is 0.632. The molecule has 1 aliphatic rings. The van der Waals surface area contributed by atoms with E-state index in [2.05, 4.69) is 5.32 Å². The molecule has 4 heteroatoms. The van der Waals surface area contributed by atoms with Gasteiger partial charge in [0.1, 0.15) is 5.82 Å². The fourth-order valence-electron chi connectivity index (χ4n) is 2.46. The van der Waals surface area contributed by atoms with Crippen LogP contribution in [0.4, 0.5) is 4.39 Å². The van der Waals surface area contributed by atoms with Crippen molar-refractivity contribution in [2.45, 2.75) is 38.3 Å². The quantitative estimate of drug-likeness (QED) is 0.812. The van der Waals surface area contributed by atoms with Gasteiger partial charge in [-0.15, -0.1) is 11.6 Å². The number of nitrogens with one attached hydrogen (secondary N) is 1. The maximum Gasteiger partial charge on any atom is 0.142 e. The van der Waals surface area contributed by atoms with Gasteiger partial charge in [0.05, 0.1) is 5.02 Å². The highest BCUT2D eigenvalue weighted by molar-refractivity contribution is 6.31. The van der Waals surface area contributed by atoms with Gasteiger partial charge in [0.15, 0.2) is 0 Å². The monoisotopic (exact) mass is 289 g/mol. The lowest BCUT2D eigenvalue weighted by atomic mass is 9.87. The molecule has 1 aromatic rings. The van der Waals surface area contributed by atoms with E-state index in [4.69, 9.17) is 23.2 Å². The third kappa shape index (κ3) is 3.59. The molecule has 0 saturated heterocycles. The third-order valence-corrected chi connectivity index (χ3v) is 4.54. The van der Waals surface area contributed by atoms with E-state index >= 15 is 0 Å². The van der Waals surface area contributed by atoms with E-state index in [1.807, 2.05) is 6.07 Å². The largest absolute Gasteiger partial charge is 0.310 e. The molecule has 0 bridgehead atoms. The SMILES string of the molecule is Fc1cccc(CNC2CCC(CCl)CC2)c1Cl. The maximum atomic E-state index is 13.3. The van der Waals surface area contributed by atoms with Crippen LogP contribution in [0.2, 0.25) is 5.02 Å². The molecule has 0 aromatic heterocycles. The van der Waals surface area contributed by atoms with Crippen LogP contribution >= 0.6 is 23.2 Å². The summed E-state index contributed by atoms with van der Waals surface area (Å²) < 4.78 is 13.3. The number of halogens is 3. The summed E-state index contributed by atoms with van der Waals surface area (Å²) in [5.41, 5.74) is 0.830. The van der Waals surface area contributed by atoms with Crippen LogP contribution in [0.15, 0.2) is 18.2 Å². The van der Waals surface area contributed by atoms with Crippen molar-refractivity contribution in [3.8, 4) is 0 Å². The average Bonchev–Trinajstić information content (AvgIpc) is 2.41. The second-order valence-corrected chi connectivity index (χ2v) is 5.65. The van der Waals surface area contributed by atoms with Crippen LogP contribution in [0.3, 0.4) is 0 Å². The molecule has 1 saturated carbocycles. The fraction of sp³-hybridized carbons (Fsp3) is 0.571. The van der Waals surface area contributed by atoms with Crippen LogP contribution in [0.5, 0.6) is 0 Å². The lowest BCUT2D eigenvalue weighted by Gasteiger charge is -2.28. The Kier molecular flexibility index (Phi) is 5.28. The van der Waals surface area contributed by atoms with E-state index in [0.717, 1.165) is 24.3 Å². The van der Waals surface area contributed by atoms with Crippen LogP contribution in [0.1, 0.15) is 31.2 Å². The van der Waals surface area contributed by atoms with Gasteiger partial charge in [0.2, 0.25) is 0 Å². The van der Waals surface area contributed by atoms with E-state index in [-0.39, 0.29) is 10.8 Å². The van der Waals surface area contributed by atoms with Crippen molar-refractivity contribution >= 4 is 23.2 Å². The number of rotatable bonds is 4. The Hall–Kier alpha value is -0.310. The summed E-state index contributed by atoms with van der Waals surface area (Å²) in [5.74, 6) is 1.09. The molecule has 0 unspecified atom stereocenters. The van der Waals surface area contributed by atoms with Gasteiger partial charge in [-0.3, -0.25) is 0 Å². The summed E-state index contributed by atoms with van der Waals surface area (Å²) in [4.78, 5) is 0. The Morgan fingerprint density at radius 3 is 2.61 bits per heavy atom. The zero-order chi connectivity index (χ0) is 13.0. The molecule has 18 heavy (non-hydrogen) atoms. The second kappa shape index (κ2) is 6.74. The lowest BCUT2D eigenvalue weighted by molar-refractivity contribution is 0.309. The van der Waals surface area contributed by atoms with Gasteiger partial charge in [0.25, 0.3) is 0 Å². The van der Waals surface area contributed by atoms with E-state index in [1.165, 1.54) is 18.9 Å². The van der Waals surface area contributed by atoms with E-state index in [0.29, 0.717) is 18.5 Å². The Bertz CT molecular complexity index is 389. The lowest BCUT2D eigenvalue weighted by Crippen LogP contribution is -2.33. The minimum absolute atomic E-state index is 0.236. The van der Waals surface area contributed by atoms with Gasteiger partial charge in [0, 0.05) is 18.5 Å². The molecule has 0 spiro atoms. The molecule has 1 fully saturated rings. The minimum atomic E-state index is -0.346. The van der Waals surface area contributed by atoms with Crippen molar-refractivity contribution in [2.75, 3.05) is 5.88 Å². The van der Waals surface area contributed by atoms with Crippen molar-refractivity contribution in [3.63, 3.8) is 0 Å². The number of hydrogen-bond acceptors (Lipinski definition) is 1. The summed E-state index contributed by atoms with van der Waals surface area (Å²) in [6, 6.07) is 5.45. The first kappa shape index (κ1) is 14.1. The topological polar surface area (TPSA) is 12.0 Å². The standard InChI is InChI=1S/C14H18Cl2FN/c15-8-10-4-6-12(7-5-10)18-9-11-2-1-3-13(17)14(11)16/h1-3,10,12,18H,4-9H2. The predicted octanol–water partition coefficient (Wildman–Crippen LogP) is 4.37. The molecular formula is C14H18Cl2FN. The summed E-state index contributed by atoms with van der Waals surface area (Å²) >= 11 is 11.8. The summed E-state index contributed by atoms with van der Waals surface area (Å²) in [6.07, 6.45) is 4.64. The van der Waals surface area contributed by atoms with Gasteiger partial charge in [-0.05, 0) is 43.2 Å². The Morgan fingerprint density at radius 2 is 1.94 bits per heavy atom. The van der Waals surface area contributed by atoms with E-state index < -0.39 is 0 Å². The van der Waals surface area contributed by atoms with Crippen LogP contribution < -0.4 is 5.32 Å². The first-order valence-electron chi connectivity index (χ1n) is 6.43. The van der Waals surface area contributed by atoms with Gasteiger partial charge in [-0.25, -0.2) is 4.39 Å². The summed E-state index contributed by atoms with van der Waals surface area (Å²) in [7, 11) is 0. The molecular weight excluding hydrogens is 272 g/mol. The third-order valence-electron chi connectivity index (χ3n) is 3.68. The van der Waals surface area contributed by atoms with Crippen molar-refractivity contribution in [3.05, 3.63) is 34.6 Å². The van der Waals surface area contributed by atoms with Crippen LogP contribution in [-0.4, -0.2) is 11.9 Å². The molecule has 0 aliphatic heterocycles. The first-order chi connectivity index (χ1) is 8.70. The van der Waals surface area contributed by atoms with Gasteiger partial charge in [-0.1, -0.05) is 23.7 Å². The van der Waals surface area contributed by atoms with Gasteiger partial charge < -0.3 is 5.32 Å². The minimum Gasteiger partial charge on any atom is -0.310 e. The average molecular weight is 290 g/mol. The van der Waals surface area contributed by atoms with Gasteiger partial charge >= 0.3 is 0 Å². The van der Waals surface area contributed by atoms with Crippen molar-refractivity contribution in [1.29, 1.82) is 0 Å². The van der Waals surface area contributed by atoms with Crippen LogP contribution in [0, 0.1) is 11.7 Å². The first-order valence-corrected chi connectivity index (χ1v) is 7.34. The summed E-state index contributed by atoms with van der Waals surface area (Å²) in [5, 5.41) is 3.69. The normalized spacial score (nSPS) is 24.2. The molecule has 1 aliphatic carbocycles. The van der Waals surface area contributed by atoms with Gasteiger partial charge in [-0.2, -0.15) is 0 Å². The predicted molar refractivity (Wildman–Crippen MR) is 74.7 cm³/mol. The molecule has 1 nitrogen and oxygen atoms in total. The number of benzene rings is 1. The number of hydrogen-bond donors (Lipinski definition) is 1. The van der Waals surface area contributed by atoms with Crippen molar-refractivity contribution in [1.82, 2.24) is 5.32 Å². The second-order valence-electron chi connectivity index (χ2n) is 4.97. The zero-order valence-corrected chi connectivity index (χ0v) is 11.8. The van der Waals surface area contributed by atoms with Crippen LogP contribution in [-0.2, 0) is 6.54 Å². The van der Waals surface area contributed by atoms with E-state index in [1.54, 1.807) is 6.07 Å². The Labute approximate surface area is 118 Å². The van der Waals surface area contributed by atoms with Crippen LogP contribution in [0.25, 0.3) is 0 Å². The highest BCUT2D eigenvalue weighted by Gasteiger charge is 2.20. The zero-order valence-electron chi connectivity index (χ0n) is 10.3. The van der Waals surface area contributed by atoms with E-state index in [9.17, 15) is 4.39 Å². The van der Waals surface area contributed by atoms with Crippen molar-refractivity contribution in [2.24, 2.45) is 5.92 Å². The molecule has 0 heterocycles. The smallest absolute Gasteiger partial charge is 0.142 e. The highest BCUT2D eigenvalue weighted by Crippen LogP contribution is 2.26. The fourth-order valence-corrected chi connectivity index (χ4v) is 2.96. The number of alkyl halides is 1. The molecule has 0 radical (unpaired) electrons. The highest BCUT2D eigenvalue weighted by atomic mass is 35.5. The Balaban J connectivity index is 1.83. The molecule has 1 aromatic carbocycles. The molecule has 0 atom stereocenters. The maximum absolute atomic E-state index is 13.3. The molecule has 1 N–H and O–H groups in total. The molecule has 0 amide bonds. The molecule has 2 rings (SSSR count). The molecule has 100 valence electrons. The van der Waals surface area contributed by atoms with Crippen molar-refractivity contribution < 1.29 is 4.39 Å².